The van der Waals surface area contributed by atoms with Crippen LogP contribution in [0.3, 0.4) is 0 Å². The molecule has 0 spiro atoms. The summed E-state index contributed by atoms with van der Waals surface area (Å²) in [4.78, 5) is 2.48. The number of hydrogen-bond acceptors (Lipinski definition) is 3. The van der Waals surface area contributed by atoms with Gasteiger partial charge >= 0.3 is 0 Å². The van der Waals surface area contributed by atoms with Gasteiger partial charge in [0.25, 0.3) is 0 Å². The average Bonchev–Trinajstić information content (AvgIpc) is 2.72. The first kappa shape index (κ1) is 12.6. The zero-order valence-corrected chi connectivity index (χ0v) is 11.7. The molecule has 4 nitrogen and oxygen atoms in total. The van der Waals surface area contributed by atoms with Crippen molar-refractivity contribution in [3.05, 3.63) is 30.0 Å². The number of fused-ring (bicyclic) bond motifs is 1. The first-order valence-electron chi connectivity index (χ1n) is 7.03. The molecule has 2 unspecified atom stereocenters. The van der Waals surface area contributed by atoms with E-state index in [1.165, 1.54) is 16.6 Å². The van der Waals surface area contributed by atoms with Crippen molar-refractivity contribution in [1.29, 1.82) is 0 Å². The minimum atomic E-state index is 0.358. The molecule has 1 aliphatic rings. The minimum absolute atomic E-state index is 0.358. The summed E-state index contributed by atoms with van der Waals surface area (Å²) < 4.78 is 1.98. The highest BCUT2D eigenvalue weighted by Crippen LogP contribution is 2.22. The third-order valence-corrected chi connectivity index (χ3v) is 4.26. The SMILES string of the molecule is CC1CN(Cc2nn(C)c3ccccc23)CCC1N. The number of nitrogens with zero attached hydrogens (tertiary/aromatic N) is 3. The lowest BCUT2D eigenvalue weighted by Crippen LogP contribution is -2.45. The Labute approximate surface area is 114 Å². The summed E-state index contributed by atoms with van der Waals surface area (Å²) in [6.45, 7) is 5.33. The normalized spacial score (nSPS) is 25.0. The maximum absolute atomic E-state index is 6.08. The maximum atomic E-state index is 6.08. The van der Waals surface area contributed by atoms with Crippen molar-refractivity contribution in [1.82, 2.24) is 14.7 Å². The van der Waals surface area contributed by atoms with Crippen LogP contribution in [0.5, 0.6) is 0 Å². The maximum Gasteiger partial charge on any atom is 0.0843 e. The lowest BCUT2D eigenvalue weighted by Gasteiger charge is -2.34. The minimum Gasteiger partial charge on any atom is -0.327 e. The number of likely N-dealkylation sites (tertiary alicyclic amines) is 1. The lowest BCUT2D eigenvalue weighted by atomic mass is 9.95. The number of para-hydroxylation sites is 1. The predicted octanol–water partition coefficient (Wildman–Crippen LogP) is 1.74. The van der Waals surface area contributed by atoms with Crippen LogP contribution in [-0.4, -0.2) is 33.8 Å². The van der Waals surface area contributed by atoms with Crippen LogP contribution in [0.25, 0.3) is 10.9 Å². The first-order chi connectivity index (χ1) is 9.15. The molecule has 1 fully saturated rings. The Kier molecular flexibility index (Phi) is 3.29. The van der Waals surface area contributed by atoms with Gasteiger partial charge in [-0.2, -0.15) is 5.10 Å². The Morgan fingerprint density at radius 2 is 2.16 bits per heavy atom. The molecule has 1 aromatic carbocycles. The summed E-state index contributed by atoms with van der Waals surface area (Å²) in [6, 6.07) is 8.80. The van der Waals surface area contributed by atoms with Crippen molar-refractivity contribution in [3.63, 3.8) is 0 Å². The van der Waals surface area contributed by atoms with Crippen molar-refractivity contribution < 1.29 is 0 Å². The highest BCUT2D eigenvalue weighted by molar-refractivity contribution is 5.81. The summed E-state index contributed by atoms with van der Waals surface area (Å²) in [5.41, 5.74) is 8.47. The van der Waals surface area contributed by atoms with Gasteiger partial charge in [0.15, 0.2) is 0 Å². The number of rotatable bonds is 2. The molecule has 1 aromatic heterocycles. The Bertz CT molecular complexity index is 575. The molecule has 0 bridgehead atoms. The second kappa shape index (κ2) is 4.94. The Morgan fingerprint density at radius 1 is 1.37 bits per heavy atom. The highest BCUT2D eigenvalue weighted by atomic mass is 15.3. The smallest absolute Gasteiger partial charge is 0.0843 e. The number of hydrogen-bond donors (Lipinski definition) is 1. The van der Waals surface area contributed by atoms with Crippen LogP contribution in [0.2, 0.25) is 0 Å². The van der Waals surface area contributed by atoms with Crippen LogP contribution < -0.4 is 5.73 Å². The second-order valence-electron chi connectivity index (χ2n) is 5.75. The fraction of sp³-hybridized carbons (Fsp3) is 0.533. The van der Waals surface area contributed by atoms with E-state index in [2.05, 4.69) is 41.2 Å². The summed E-state index contributed by atoms with van der Waals surface area (Å²) in [7, 11) is 2.01. The van der Waals surface area contributed by atoms with Crippen molar-refractivity contribution in [2.24, 2.45) is 18.7 Å². The van der Waals surface area contributed by atoms with Crippen LogP contribution in [0.4, 0.5) is 0 Å². The fourth-order valence-corrected chi connectivity index (χ4v) is 3.01. The first-order valence-corrected chi connectivity index (χ1v) is 7.03. The van der Waals surface area contributed by atoms with E-state index in [9.17, 15) is 0 Å². The molecular weight excluding hydrogens is 236 g/mol. The van der Waals surface area contributed by atoms with E-state index in [4.69, 9.17) is 5.73 Å². The fourth-order valence-electron chi connectivity index (χ4n) is 3.01. The average molecular weight is 258 g/mol. The molecule has 2 aromatic rings. The van der Waals surface area contributed by atoms with E-state index in [-0.39, 0.29) is 0 Å². The van der Waals surface area contributed by atoms with Gasteiger partial charge in [0, 0.05) is 38.1 Å². The number of aryl methyl sites for hydroxylation is 1. The molecule has 0 radical (unpaired) electrons. The van der Waals surface area contributed by atoms with E-state index < -0.39 is 0 Å². The summed E-state index contributed by atoms with van der Waals surface area (Å²) in [5.74, 6) is 0.573. The van der Waals surface area contributed by atoms with Gasteiger partial charge in [-0.1, -0.05) is 25.1 Å². The van der Waals surface area contributed by atoms with Gasteiger partial charge in [0.05, 0.1) is 11.2 Å². The van der Waals surface area contributed by atoms with Crippen LogP contribution in [-0.2, 0) is 13.6 Å². The third-order valence-electron chi connectivity index (χ3n) is 4.26. The molecule has 2 N–H and O–H groups in total. The lowest BCUT2D eigenvalue weighted by molar-refractivity contribution is 0.156. The standard InChI is InChI=1S/C15H22N4/c1-11-9-19(8-7-13(11)16)10-14-12-5-3-4-6-15(12)18(2)17-14/h3-6,11,13H,7-10,16H2,1-2H3. The zero-order chi connectivity index (χ0) is 13.4. The summed E-state index contributed by atoms with van der Waals surface area (Å²) >= 11 is 0. The number of nitrogens with two attached hydrogens (primary N) is 1. The van der Waals surface area contributed by atoms with Crippen molar-refractivity contribution >= 4 is 10.9 Å². The van der Waals surface area contributed by atoms with Crippen LogP contribution >= 0.6 is 0 Å². The molecule has 1 saturated heterocycles. The predicted molar refractivity (Wildman–Crippen MR) is 77.7 cm³/mol. The van der Waals surface area contributed by atoms with Gasteiger partial charge < -0.3 is 5.73 Å². The largest absolute Gasteiger partial charge is 0.327 e. The topological polar surface area (TPSA) is 47.1 Å². The summed E-state index contributed by atoms with van der Waals surface area (Å²) in [6.07, 6.45) is 1.09. The molecule has 0 saturated carbocycles. The van der Waals surface area contributed by atoms with E-state index in [1.807, 2.05) is 11.7 Å². The van der Waals surface area contributed by atoms with Crippen molar-refractivity contribution in [2.75, 3.05) is 13.1 Å². The Morgan fingerprint density at radius 3 is 2.95 bits per heavy atom. The molecule has 2 heterocycles. The second-order valence-corrected chi connectivity index (χ2v) is 5.75. The van der Waals surface area contributed by atoms with E-state index >= 15 is 0 Å². The molecular formula is C15H22N4. The quantitative estimate of drug-likeness (QED) is 0.892. The third kappa shape index (κ3) is 2.38. The van der Waals surface area contributed by atoms with Crippen molar-refractivity contribution in [2.45, 2.75) is 25.9 Å². The number of aromatic nitrogens is 2. The molecule has 1 aliphatic heterocycles. The molecule has 0 aliphatic carbocycles. The molecule has 2 atom stereocenters. The molecule has 19 heavy (non-hydrogen) atoms. The van der Waals surface area contributed by atoms with E-state index in [0.29, 0.717) is 12.0 Å². The molecule has 4 heteroatoms. The van der Waals surface area contributed by atoms with Gasteiger partial charge in [-0.25, -0.2) is 0 Å². The summed E-state index contributed by atoms with van der Waals surface area (Å²) in [5, 5.41) is 5.94. The van der Waals surface area contributed by atoms with Gasteiger partial charge in [-0.3, -0.25) is 9.58 Å². The van der Waals surface area contributed by atoms with E-state index in [0.717, 1.165) is 26.1 Å². The molecule has 0 amide bonds. The van der Waals surface area contributed by atoms with Crippen LogP contribution in [0, 0.1) is 5.92 Å². The van der Waals surface area contributed by atoms with E-state index in [1.54, 1.807) is 0 Å². The highest BCUT2D eigenvalue weighted by Gasteiger charge is 2.24. The molecule has 3 rings (SSSR count). The van der Waals surface area contributed by atoms with Gasteiger partial charge in [0.1, 0.15) is 0 Å². The van der Waals surface area contributed by atoms with Crippen molar-refractivity contribution in [3.8, 4) is 0 Å². The van der Waals surface area contributed by atoms with Gasteiger partial charge in [-0.05, 0) is 18.4 Å². The van der Waals surface area contributed by atoms with Crippen LogP contribution in [0.1, 0.15) is 19.0 Å². The Balaban J connectivity index is 1.82. The number of piperidine rings is 1. The zero-order valence-electron chi connectivity index (χ0n) is 11.7. The van der Waals surface area contributed by atoms with Gasteiger partial charge in [-0.15, -0.1) is 0 Å². The number of benzene rings is 1. The van der Waals surface area contributed by atoms with Crippen LogP contribution in [0.15, 0.2) is 24.3 Å². The Hall–Kier alpha value is -1.39. The monoisotopic (exact) mass is 258 g/mol. The molecule has 102 valence electrons. The van der Waals surface area contributed by atoms with Gasteiger partial charge in [0.2, 0.25) is 0 Å².